The van der Waals surface area contributed by atoms with Crippen LogP contribution in [0.2, 0.25) is 0 Å². The number of halogens is 3. The van der Waals surface area contributed by atoms with E-state index in [1.807, 2.05) is 45.9 Å². The third-order valence-electron chi connectivity index (χ3n) is 6.92. The van der Waals surface area contributed by atoms with Crippen molar-refractivity contribution in [2.45, 2.75) is 71.6 Å². The van der Waals surface area contributed by atoms with Crippen LogP contribution < -0.4 is 5.32 Å². The van der Waals surface area contributed by atoms with Crippen molar-refractivity contribution >= 4 is 17.8 Å². The summed E-state index contributed by atoms with van der Waals surface area (Å²) in [5.74, 6) is -4.23. The van der Waals surface area contributed by atoms with Crippen molar-refractivity contribution in [3.05, 3.63) is 53.3 Å². The number of carbonyl (C=O) groups is 3. The number of likely N-dealkylation sites (tertiary alicyclic amines) is 1. The van der Waals surface area contributed by atoms with E-state index in [4.69, 9.17) is 0 Å². The average molecular weight is 534 g/mol. The SMILES string of the molecule is Cc1cccc(C)c1-c1cncc([C@H](CC(=O)O)NC(=O)[C@H](CC(C)C)N2CC[C@H](C(F)(F)F)CC2=O)c1. The first-order chi connectivity index (χ1) is 17.8. The third kappa shape index (κ3) is 7.11. The number of benzene rings is 1. The number of hydrogen-bond donors (Lipinski definition) is 2. The van der Waals surface area contributed by atoms with Crippen molar-refractivity contribution in [1.82, 2.24) is 15.2 Å². The van der Waals surface area contributed by atoms with Crippen molar-refractivity contribution in [2.75, 3.05) is 6.54 Å². The second kappa shape index (κ2) is 12.0. The van der Waals surface area contributed by atoms with E-state index in [1.165, 1.54) is 11.1 Å². The summed E-state index contributed by atoms with van der Waals surface area (Å²) in [5.41, 5.74) is 4.23. The highest BCUT2D eigenvalue weighted by Crippen LogP contribution is 2.36. The van der Waals surface area contributed by atoms with Crippen LogP contribution in [0.5, 0.6) is 0 Å². The summed E-state index contributed by atoms with van der Waals surface area (Å²) in [6.45, 7) is 7.42. The number of alkyl halides is 3. The monoisotopic (exact) mass is 533 g/mol. The lowest BCUT2D eigenvalue weighted by atomic mass is 9.92. The van der Waals surface area contributed by atoms with Gasteiger partial charge in [0, 0.05) is 30.9 Å². The number of hydrogen-bond acceptors (Lipinski definition) is 4. The minimum absolute atomic E-state index is 0.0363. The summed E-state index contributed by atoms with van der Waals surface area (Å²) < 4.78 is 39.6. The van der Waals surface area contributed by atoms with Crippen LogP contribution in [-0.2, 0) is 14.4 Å². The van der Waals surface area contributed by atoms with E-state index in [9.17, 15) is 32.7 Å². The molecule has 2 N–H and O–H groups in total. The Labute approximate surface area is 220 Å². The standard InChI is InChI=1S/C28H34F3N3O4/c1-16(2)10-23(34-9-8-21(12-24(34)35)28(29,30)31)27(38)33-22(13-25(36)37)19-11-20(15-32-14-19)26-17(3)6-5-7-18(26)4/h5-7,11,14-16,21-23H,8-10,12-13H2,1-4H3,(H,33,38)(H,36,37)/t21-,22-,23-/m0/s1. The Kier molecular flexibility index (Phi) is 9.17. The van der Waals surface area contributed by atoms with Crippen molar-refractivity contribution in [2.24, 2.45) is 11.8 Å². The number of nitrogens with one attached hydrogen (secondary N) is 1. The van der Waals surface area contributed by atoms with Gasteiger partial charge in [-0.2, -0.15) is 13.2 Å². The van der Waals surface area contributed by atoms with Crippen LogP contribution in [-0.4, -0.2) is 51.5 Å². The molecule has 2 amide bonds. The largest absolute Gasteiger partial charge is 0.481 e. The van der Waals surface area contributed by atoms with Crippen LogP contribution >= 0.6 is 0 Å². The predicted octanol–water partition coefficient (Wildman–Crippen LogP) is 5.21. The molecule has 1 aromatic heterocycles. The number of aliphatic carboxylic acids is 1. The molecule has 206 valence electrons. The van der Waals surface area contributed by atoms with Gasteiger partial charge in [0.25, 0.3) is 0 Å². The molecular formula is C28H34F3N3O4. The first-order valence-electron chi connectivity index (χ1n) is 12.7. The lowest BCUT2D eigenvalue weighted by molar-refractivity contribution is -0.191. The molecule has 3 rings (SSSR count). The molecule has 38 heavy (non-hydrogen) atoms. The summed E-state index contributed by atoms with van der Waals surface area (Å²) in [6.07, 6.45) is -2.50. The maximum Gasteiger partial charge on any atom is 0.392 e. The fourth-order valence-corrected chi connectivity index (χ4v) is 5.03. The van der Waals surface area contributed by atoms with Crippen LogP contribution in [0.3, 0.4) is 0 Å². The Morgan fingerprint density at radius 3 is 2.39 bits per heavy atom. The molecule has 3 atom stereocenters. The van der Waals surface area contributed by atoms with Gasteiger partial charge in [0.15, 0.2) is 0 Å². The van der Waals surface area contributed by atoms with E-state index in [1.54, 1.807) is 12.3 Å². The molecule has 2 heterocycles. The van der Waals surface area contributed by atoms with E-state index >= 15 is 0 Å². The molecule has 7 nitrogen and oxygen atoms in total. The Hall–Kier alpha value is -3.43. The minimum Gasteiger partial charge on any atom is -0.481 e. The quantitative estimate of drug-likeness (QED) is 0.461. The number of nitrogens with zero attached hydrogens (tertiary/aromatic N) is 2. The van der Waals surface area contributed by atoms with Gasteiger partial charge in [-0.3, -0.25) is 19.4 Å². The van der Waals surface area contributed by atoms with Crippen molar-refractivity contribution in [3.8, 4) is 11.1 Å². The molecule has 0 radical (unpaired) electrons. The zero-order valence-corrected chi connectivity index (χ0v) is 22.0. The van der Waals surface area contributed by atoms with Crippen LogP contribution in [0, 0.1) is 25.7 Å². The van der Waals surface area contributed by atoms with Gasteiger partial charge in [-0.05, 0) is 60.9 Å². The first kappa shape index (κ1) is 29.1. The van der Waals surface area contributed by atoms with Crippen LogP contribution in [0.4, 0.5) is 13.2 Å². The Morgan fingerprint density at radius 2 is 1.84 bits per heavy atom. The normalized spacial score (nSPS) is 17.8. The number of carbonyl (C=O) groups excluding carboxylic acids is 2. The van der Waals surface area contributed by atoms with Crippen molar-refractivity contribution < 1.29 is 32.7 Å². The summed E-state index contributed by atoms with van der Waals surface area (Å²) >= 11 is 0. The Bertz CT molecular complexity index is 1160. The highest BCUT2D eigenvalue weighted by atomic mass is 19.4. The fraction of sp³-hybridized carbons (Fsp3) is 0.500. The average Bonchev–Trinajstić information content (AvgIpc) is 2.81. The zero-order valence-electron chi connectivity index (χ0n) is 22.0. The van der Waals surface area contributed by atoms with E-state index in [0.717, 1.165) is 22.3 Å². The summed E-state index contributed by atoms with van der Waals surface area (Å²) in [6, 6.07) is 5.68. The summed E-state index contributed by atoms with van der Waals surface area (Å²) in [4.78, 5) is 43.4. The van der Waals surface area contributed by atoms with Gasteiger partial charge in [-0.25, -0.2) is 0 Å². The molecule has 1 aromatic carbocycles. The number of aromatic nitrogens is 1. The molecule has 0 aliphatic carbocycles. The van der Waals surface area contributed by atoms with Gasteiger partial charge >= 0.3 is 12.1 Å². The smallest absolute Gasteiger partial charge is 0.392 e. The number of aryl methyl sites for hydroxylation is 2. The number of amides is 2. The Morgan fingerprint density at radius 1 is 1.18 bits per heavy atom. The molecule has 0 spiro atoms. The molecule has 0 bridgehead atoms. The molecule has 1 aliphatic heterocycles. The lowest BCUT2D eigenvalue weighted by Crippen LogP contribution is -2.54. The molecule has 1 aliphatic rings. The van der Waals surface area contributed by atoms with Crippen molar-refractivity contribution in [3.63, 3.8) is 0 Å². The molecule has 0 saturated carbocycles. The number of piperidine rings is 1. The van der Waals surface area contributed by atoms with Gasteiger partial charge in [-0.1, -0.05) is 32.0 Å². The number of carboxylic acid groups (broad SMARTS) is 1. The first-order valence-corrected chi connectivity index (χ1v) is 12.7. The highest BCUT2D eigenvalue weighted by molar-refractivity contribution is 5.88. The van der Waals surface area contributed by atoms with E-state index in [0.29, 0.717) is 5.56 Å². The van der Waals surface area contributed by atoms with Gasteiger partial charge in [0.05, 0.1) is 18.4 Å². The lowest BCUT2D eigenvalue weighted by Gasteiger charge is -2.38. The maximum absolute atomic E-state index is 13.5. The third-order valence-corrected chi connectivity index (χ3v) is 6.92. The summed E-state index contributed by atoms with van der Waals surface area (Å²) in [5, 5.41) is 12.3. The molecule has 0 unspecified atom stereocenters. The van der Waals surface area contributed by atoms with Gasteiger partial charge in [-0.15, -0.1) is 0 Å². The van der Waals surface area contributed by atoms with Gasteiger partial charge in [0.1, 0.15) is 6.04 Å². The molecule has 2 aromatic rings. The Balaban J connectivity index is 1.89. The second-order valence-corrected chi connectivity index (χ2v) is 10.4. The highest BCUT2D eigenvalue weighted by Gasteiger charge is 2.46. The molecular weight excluding hydrogens is 499 g/mol. The number of pyridine rings is 1. The van der Waals surface area contributed by atoms with E-state index < -0.39 is 54.8 Å². The predicted molar refractivity (Wildman–Crippen MR) is 136 cm³/mol. The van der Waals surface area contributed by atoms with Crippen LogP contribution in [0.1, 0.15) is 62.3 Å². The van der Waals surface area contributed by atoms with Crippen LogP contribution in [0.15, 0.2) is 36.7 Å². The second-order valence-electron chi connectivity index (χ2n) is 10.4. The molecule has 1 fully saturated rings. The number of carboxylic acids is 1. The minimum atomic E-state index is -4.47. The molecule has 1 saturated heterocycles. The number of rotatable bonds is 9. The fourth-order valence-electron chi connectivity index (χ4n) is 5.03. The van der Waals surface area contributed by atoms with E-state index in [2.05, 4.69) is 10.3 Å². The summed E-state index contributed by atoms with van der Waals surface area (Å²) in [7, 11) is 0. The van der Waals surface area contributed by atoms with Gasteiger partial charge in [0.2, 0.25) is 11.8 Å². The van der Waals surface area contributed by atoms with Crippen molar-refractivity contribution in [1.29, 1.82) is 0 Å². The maximum atomic E-state index is 13.5. The van der Waals surface area contributed by atoms with Crippen LogP contribution in [0.25, 0.3) is 11.1 Å². The zero-order chi connectivity index (χ0) is 28.2. The van der Waals surface area contributed by atoms with Gasteiger partial charge < -0.3 is 15.3 Å². The molecule has 10 heteroatoms. The topological polar surface area (TPSA) is 99.6 Å². The van der Waals surface area contributed by atoms with E-state index in [-0.39, 0.29) is 25.3 Å².